The van der Waals surface area contributed by atoms with Gasteiger partial charge in [-0.05, 0) is 48.7 Å². The second-order valence-corrected chi connectivity index (χ2v) is 9.74. The average Bonchev–Trinajstić information content (AvgIpc) is 3.26. The number of nitrogens with two attached hydrogens (primary N) is 1. The molecule has 0 aromatic carbocycles. The normalized spacial score (nSPS) is 22.1. The van der Waals surface area contributed by atoms with Crippen LogP contribution in [0.3, 0.4) is 0 Å². The highest BCUT2D eigenvalue weighted by Gasteiger charge is 2.47. The van der Waals surface area contributed by atoms with E-state index in [2.05, 4.69) is 56.2 Å². The van der Waals surface area contributed by atoms with E-state index >= 15 is 0 Å². The number of aromatic nitrogens is 3. The first kappa shape index (κ1) is 19.8. The lowest BCUT2D eigenvalue weighted by molar-refractivity contribution is -0.145. The first-order valence-electron chi connectivity index (χ1n) is 9.20. The van der Waals surface area contributed by atoms with Crippen LogP contribution in [0.4, 0.5) is 11.5 Å². The molecule has 2 aromatic heterocycles. The molecule has 2 fully saturated rings. The summed E-state index contributed by atoms with van der Waals surface area (Å²) in [5.41, 5.74) is 7.31. The number of nitrogens with zero attached hydrogens (tertiary/aromatic N) is 5. The number of pyridine rings is 1. The highest BCUT2D eigenvalue weighted by Crippen LogP contribution is 2.43. The third kappa shape index (κ3) is 3.46. The molecular weight excluding hydrogens is 492 g/mol. The Morgan fingerprint density at radius 3 is 2.75 bits per heavy atom. The number of nitrogen functional groups attached to an aromatic ring is 1. The Morgan fingerprint density at radius 2 is 2.11 bits per heavy atom. The van der Waals surface area contributed by atoms with Gasteiger partial charge in [0.15, 0.2) is 0 Å². The van der Waals surface area contributed by atoms with Crippen LogP contribution in [0.25, 0.3) is 10.9 Å². The highest BCUT2D eigenvalue weighted by molar-refractivity contribution is 14.2. The van der Waals surface area contributed by atoms with Crippen molar-refractivity contribution in [3.05, 3.63) is 12.4 Å². The van der Waals surface area contributed by atoms with Crippen LogP contribution >= 0.6 is 28.4 Å². The lowest BCUT2D eigenvalue weighted by Crippen LogP contribution is -2.58. The summed E-state index contributed by atoms with van der Waals surface area (Å²) in [7, 11) is 0. The fraction of sp³-hybridized carbons (Fsp3) is 0.529. The number of anilines is 2. The van der Waals surface area contributed by atoms with Gasteiger partial charge in [-0.2, -0.15) is 5.10 Å². The molecule has 2 aromatic rings. The number of hydrogen-bond donors (Lipinski definition) is 2. The maximum Gasteiger partial charge on any atom is 0.314 e. The summed E-state index contributed by atoms with van der Waals surface area (Å²) in [4.78, 5) is 33.6. The van der Waals surface area contributed by atoms with Crippen molar-refractivity contribution >= 4 is 62.6 Å². The Hall–Kier alpha value is -1.52. The molecule has 1 saturated heterocycles. The minimum absolute atomic E-state index is 0.240. The van der Waals surface area contributed by atoms with E-state index in [4.69, 9.17) is 5.73 Å². The third-order valence-corrected chi connectivity index (χ3v) is 7.61. The average molecular weight is 515 g/mol. The maximum atomic E-state index is 12.7. The first-order chi connectivity index (χ1) is 13.3. The minimum atomic E-state index is -0.657. The number of hydrogen-bond acceptors (Lipinski definition) is 6. The van der Waals surface area contributed by atoms with Gasteiger partial charge in [-0.25, -0.2) is 9.44 Å². The number of piperazine rings is 1. The second-order valence-electron chi connectivity index (χ2n) is 7.70. The molecule has 1 aliphatic carbocycles. The molecule has 2 unspecified atom stereocenters. The number of nitrogens with one attached hydrogen (secondary N) is 1. The fourth-order valence-electron chi connectivity index (χ4n) is 3.95. The van der Waals surface area contributed by atoms with Crippen LogP contribution in [0.15, 0.2) is 12.4 Å². The summed E-state index contributed by atoms with van der Waals surface area (Å²) < 4.78 is 1.74. The summed E-state index contributed by atoms with van der Waals surface area (Å²) >= 11 is 2.20. The fourth-order valence-corrected chi connectivity index (χ4v) is 5.47. The molecule has 0 radical (unpaired) electrons. The van der Waals surface area contributed by atoms with Crippen molar-refractivity contribution in [3.8, 4) is 0 Å². The molecule has 4 rings (SSSR count). The van der Waals surface area contributed by atoms with Gasteiger partial charge in [-0.1, -0.05) is 0 Å². The summed E-state index contributed by atoms with van der Waals surface area (Å²) in [6.07, 6.45) is 5.85. The van der Waals surface area contributed by atoms with Gasteiger partial charge in [-0.3, -0.25) is 14.5 Å². The SMILES string of the molecule is CC1CN(C(=O)C(=O)Nc2cnc(N)c3cnn(PI)c23)CCN1C1(C)CC1. The zero-order chi connectivity index (χ0) is 20.1. The predicted molar refractivity (Wildman–Crippen MR) is 119 cm³/mol. The van der Waals surface area contributed by atoms with Crippen LogP contribution in [-0.2, 0) is 9.59 Å². The van der Waals surface area contributed by atoms with E-state index in [0.29, 0.717) is 41.9 Å². The molecule has 28 heavy (non-hydrogen) atoms. The standard InChI is InChI=1S/C17H23IN7O2P/c1-10-9-23(5-6-24(10)17(2)3-4-17)16(27)15(26)22-12-8-20-14(19)11-7-21-25(28-18)13(11)12/h7-8,10,28H,3-6,9H2,1-2H3,(H2,19,20)(H,22,26). The van der Waals surface area contributed by atoms with Crippen molar-refractivity contribution in [1.82, 2.24) is 24.3 Å². The van der Waals surface area contributed by atoms with E-state index in [1.165, 1.54) is 19.0 Å². The van der Waals surface area contributed by atoms with Crippen molar-refractivity contribution in [2.75, 3.05) is 30.7 Å². The number of halogens is 1. The van der Waals surface area contributed by atoms with Crippen molar-refractivity contribution in [2.24, 2.45) is 0 Å². The van der Waals surface area contributed by atoms with Gasteiger partial charge >= 0.3 is 11.8 Å². The summed E-state index contributed by atoms with van der Waals surface area (Å²) in [6, 6.07) is 0.240. The van der Waals surface area contributed by atoms with Crippen molar-refractivity contribution in [3.63, 3.8) is 0 Å². The quantitative estimate of drug-likeness (QED) is 0.367. The molecule has 3 N–H and O–H groups in total. The molecule has 2 amide bonds. The van der Waals surface area contributed by atoms with E-state index in [0.717, 1.165) is 6.54 Å². The molecule has 1 aliphatic heterocycles. The molecule has 0 spiro atoms. The van der Waals surface area contributed by atoms with Gasteiger partial charge in [0.05, 0.1) is 29.8 Å². The van der Waals surface area contributed by atoms with E-state index in [1.54, 1.807) is 15.5 Å². The van der Waals surface area contributed by atoms with Crippen LogP contribution < -0.4 is 11.1 Å². The Labute approximate surface area is 177 Å². The van der Waals surface area contributed by atoms with Gasteiger partial charge in [0.1, 0.15) is 11.3 Å². The van der Waals surface area contributed by atoms with Gasteiger partial charge < -0.3 is 16.0 Å². The van der Waals surface area contributed by atoms with E-state index < -0.39 is 11.8 Å². The molecule has 2 atom stereocenters. The van der Waals surface area contributed by atoms with Crippen molar-refractivity contribution in [1.29, 1.82) is 0 Å². The molecule has 3 heterocycles. The zero-order valence-electron chi connectivity index (χ0n) is 15.8. The molecular formula is C17H23IN7O2P. The molecule has 2 aliphatic rings. The lowest BCUT2D eigenvalue weighted by atomic mass is 10.1. The van der Waals surface area contributed by atoms with E-state index in [9.17, 15) is 9.59 Å². The number of amides is 2. The maximum absolute atomic E-state index is 12.7. The Kier molecular flexibility index (Phi) is 5.22. The lowest BCUT2D eigenvalue weighted by Gasteiger charge is -2.43. The largest absolute Gasteiger partial charge is 0.383 e. The smallest absolute Gasteiger partial charge is 0.314 e. The van der Waals surface area contributed by atoms with Gasteiger partial charge in [0, 0.05) is 31.2 Å². The number of rotatable bonds is 3. The van der Waals surface area contributed by atoms with Crippen LogP contribution in [0.2, 0.25) is 0 Å². The summed E-state index contributed by atoms with van der Waals surface area (Å²) in [5, 5.41) is 7.65. The Morgan fingerprint density at radius 1 is 1.36 bits per heavy atom. The number of carbonyl (C=O) groups is 2. The molecule has 0 bridgehead atoms. The Balaban J connectivity index is 1.48. The first-order valence-corrected chi connectivity index (χ1v) is 13.3. The van der Waals surface area contributed by atoms with Gasteiger partial charge in [-0.15, -0.1) is 0 Å². The third-order valence-electron chi connectivity index (χ3n) is 5.74. The molecule has 9 nitrogen and oxygen atoms in total. The van der Waals surface area contributed by atoms with Gasteiger partial charge in [0.2, 0.25) is 0 Å². The number of carbonyl (C=O) groups excluding carboxylic acids is 2. The summed E-state index contributed by atoms with van der Waals surface area (Å²) in [6.45, 7) is 6.31. The van der Waals surface area contributed by atoms with Gasteiger partial charge in [0.25, 0.3) is 0 Å². The number of fused-ring (bicyclic) bond motifs is 1. The summed E-state index contributed by atoms with van der Waals surface area (Å²) in [5.74, 6) is -0.824. The van der Waals surface area contributed by atoms with Crippen LogP contribution in [0.5, 0.6) is 0 Å². The van der Waals surface area contributed by atoms with Crippen molar-refractivity contribution < 1.29 is 9.59 Å². The zero-order valence-corrected chi connectivity index (χ0v) is 18.9. The predicted octanol–water partition coefficient (Wildman–Crippen LogP) is 1.83. The highest BCUT2D eigenvalue weighted by atomic mass is 127. The molecule has 150 valence electrons. The molecule has 1 saturated carbocycles. The monoisotopic (exact) mass is 515 g/mol. The van der Waals surface area contributed by atoms with Crippen molar-refractivity contribution in [2.45, 2.75) is 38.3 Å². The molecule has 11 heteroatoms. The minimum Gasteiger partial charge on any atom is -0.383 e. The van der Waals surface area contributed by atoms with E-state index in [1.807, 2.05) is 0 Å². The van der Waals surface area contributed by atoms with Crippen LogP contribution in [0, 0.1) is 0 Å². The van der Waals surface area contributed by atoms with Crippen LogP contribution in [-0.4, -0.2) is 67.4 Å². The second kappa shape index (κ2) is 7.38. The topological polar surface area (TPSA) is 109 Å². The van der Waals surface area contributed by atoms with E-state index in [-0.39, 0.29) is 11.6 Å². The van der Waals surface area contributed by atoms with Crippen LogP contribution in [0.1, 0.15) is 26.7 Å². The Bertz CT molecular complexity index is 945.